The van der Waals surface area contributed by atoms with Crippen molar-refractivity contribution in [1.82, 2.24) is 4.98 Å². The molecule has 7 nitrogen and oxygen atoms in total. The van der Waals surface area contributed by atoms with E-state index in [1.54, 1.807) is 24.3 Å². The number of carbonyl (C=O) groups excluding carboxylic acids is 2. The molecule has 7 heteroatoms. The highest BCUT2D eigenvalue weighted by Crippen LogP contribution is 2.26. The molecule has 1 aliphatic heterocycles. The maximum absolute atomic E-state index is 12.6. The second kappa shape index (κ2) is 8.05. The number of piperidine rings is 1. The molecular formula is C22H25N4O3+. The van der Waals surface area contributed by atoms with E-state index < -0.39 is 5.91 Å². The number of benzene rings is 2. The molecule has 0 spiro atoms. The van der Waals surface area contributed by atoms with Crippen molar-refractivity contribution < 1.29 is 18.9 Å². The number of nitrogens with one attached hydrogen (secondary N) is 2. The zero-order valence-electron chi connectivity index (χ0n) is 16.4. The smallest absolute Gasteiger partial charge is 0.282 e. The molecule has 4 rings (SSSR count). The number of quaternary nitrogens is 1. The van der Waals surface area contributed by atoms with Gasteiger partial charge in [0.1, 0.15) is 5.52 Å². The van der Waals surface area contributed by atoms with Crippen LogP contribution in [0.25, 0.3) is 11.1 Å². The number of rotatable bonds is 5. The summed E-state index contributed by atoms with van der Waals surface area (Å²) in [5.41, 5.74) is 8.05. The predicted molar refractivity (Wildman–Crippen MR) is 110 cm³/mol. The summed E-state index contributed by atoms with van der Waals surface area (Å²) in [7, 11) is 0. The van der Waals surface area contributed by atoms with Crippen molar-refractivity contribution in [2.45, 2.75) is 31.7 Å². The van der Waals surface area contributed by atoms with Gasteiger partial charge in [-0.1, -0.05) is 12.1 Å². The van der Waals surface area contributed by atoms with Crippen LogP contribution in [0.1, 0.15) is 41.9 Å². The number of aromatic nitrogens is 1. The number of hydrogen-bond acceptors (Lipinski definition) is 4. The molecule has 3 aromatic rings. The van der Waals surface area contributed by atoms with Crippen molar-refractivity contribution >= 4 is 28.6 Å². The standard InChI is InChI=1S/C22H24N4O3/c1-14(21(28)24-17-8-6-15(7-9-17)20(23)27)26-12-10-16(11-13-26)22-25-18-4-2-3-5-19(18)29-22/h2-9,14,16H,10-13H2,1H3,(H2,23,27)(H,24,28)/p+1/t14-/m0/s1. The lowest BCUT2D eigenvalue weighted by Gasteiger charge is -2.31. The Morgan fingerprint density at radius 2 is 1.83 bits per heavy atom. The van der Waals surface area contributed by atoms with Crippen LogP contribution in [0.5, 0.6) is 0 Å². The van der Waals surface area contributed by atoms with Crippen LogP contribution in [-0.2, 0) is 4.79 Å². The van der Waals surface area contributed by atoms with Crippen LogP contribution in [0, 0.1) is 0 Å². The Labute approximate surface area is 168 Å². The number of para-hydroxylation sites is 2. The van der Waals surface area contributed by atoms with E-state index in [-0.39, 0.29) is 11.9 Å². The van der Waals surface area contributed by atoms with Crippen molar-refractivity contribution in [2.24, 2.45) is 5.73 Å². The van der Waals surface area contributed by atoms with E-state index in [0.717, 1.165) is 42.9 Å². The van der Waals surface area contributed by atoms with E-state index in [1.165, 1.54) is 4.90 Å². The molecule has 1 atom stereocenters. The van der Waals surface area contributed by atoms with E-state index in [4.69, 9.17) is 10.2 Å². The third-order valence-corrected chi connectivity index (χ3v) is 5.73. The van der Waals surface area contributed by atoms with Gasteiger partial charge in [-0.15, -0.1) is 0 Å². The summed E-state index contributed by atoms with van der Waals surface area (Å²) >= 11 is 0. The van der Waals surface area contributed by atoms with Gasteiger partial charge in [0.15, 0.2) is 17.5 Å². The first-order chi connectivity index (χ1) is 14.0. The van der Waals surface area contributed by atoms with Gasteiger partial charge in [-0.3, -0.25) is 9.59 Å². The van der Waals surface area contributed by atoms with E-state index in [2.05, 4.69) is 10.3 Å². The fourth-order valence-corrected chi connectivity index (χ4v) is 3.89. The van der Waals surface area contributed by atoms with Crippen LogP contribution < -0.4 is 16.0 Å². The summed E-state index contributed by atoms with van der Waals surface area (Å²) in [4.78, 5) is 29.7. The van der Waals surface area contributed by atoms with Crippen molar-refractivity contribution in [3.63, 3.8) is 0 Å². The Hall–Kier alpha value is -3.19. The number of carbonyl (C=O) groups is 2. The number of nitrogens with two attached hydrogens (primary N) is 1. The largest absolute Gasteiger partial charge is 0.440 e. The normalized spacial score (nSPS) is 20.3. The fraction of sp³-hybridized carbons (Fsp3) is 0.318. The van der Waals surface area contributed by atoms with Gasteiger partial charge in [0, 0.05) is 30.0 Å². The molecule has 0 unspecified atom stereocenters. The lowest BCUT2D eigenvalue weighted by atomic mass is 9.95. The molecule has 0 bridgehead atoms. The lowest BCUT2D eigenvalue weighted by molar-refractivity contribution is -0.919. The highest BCUT2D eigenvalue weighted by molar-refractivity contribution is 5.95. The molecule has 0 radical (unpaired) electrons. The quantitative estimate of drug-likeness (QED) is 0.614. The molecule has 2 heterocycles. The molecule has 4 N–H and O–H groups in total. The molecule has 150 valence electrons. The summed E-state index contributed by atoms with van der Waals surface area (Å²) < 4.78 is 5.92. The number of fused-ring (bicyclic) bond motifs is 1. The molecule has 0 saturated carbocycles. The van der Waals surface area contributed by atoms with Gasteiger partial charge in [0.25, 0.3) is 5.91 Å². The number of oxazole rings is 1. The topological polar surface area (TPSA) is 103 Å². The van der Waals surface area contributed by atoms with Crippen molar-refractivity contribution in [3.05, 3.63) is 60.0 Å². The first-order valence-electron chi connectivity index (χ1n) is 9.92. The third kappa shape index (κ3) is 4.14. The molecule has 2 aromatic carbocycles. The number of hydrogen-bond donors (Lipinski definition) is 3. The maximum Gasteiger partial charge on any atom is 0.282 e. The predicted octanol–water partition coefficient (Wildman–Crippen LogP) is 1.72. The molecule has 1 aromatic heterocycles. The molecule has 1 fully saturated rings. The van der Waals surface area contributed by atoms with E-state index in [9.17, 15) is 9.59 Å². The zero-order chi connectivity index (χ0) is 20.4. The average molecular weight is 393 g/mol. The van der Waals surface area contributed by atoms with Crippen LogP contribution in [0.3, 0.4) is 0 Å². The van der Waals surface area contributed by atoms with Gasteiger partial charge in [0.2, 0.25) is 5.91 Å². The lowest BCUT2D eigenvalue weighted by Crippen LogP contribution is -3.17. The van der Waals surface area contributed by atoms with Crippen LogP contribution in [0.4, 0.5) is 5.69 Å². The molecule has 29 heavy (non-hydrogen) atoms. The number of nitrogens with zero attached hydrogens (tertiary/aromatic N) is 1. The highest BCUT2D eigenvalue weighted by atomic mass is 16.3. The van der Waals surface area contributed by atoms with Gasteiger partial charge >= 0.3 is 0 Å². The Kier molecular flexibility index (Phi) is 5.31. The monoisotopic (exact) mass is 393 g/mol. The highest BCUT2D eigenvalue weighted by Gasteiger charge is 2.32. The zero-order valence-corrected chi connectivity index (χ0v) is 16.4. The minimum absolute atomic E-state index is 0.0351. The van der Waals surface area contributed by atoms with Crippen LogP contribution in [0.15, 0.2) is 52.9 Å². The fourth-order valence-electron chi connectivity index (χ4n) is 3.89. The summed E-state index contributed by atoms with van der Waals surface area (Å²) in [5, 5.41) is 2.92. The Morgan fingerprint density at radius 1 is 1.14 bits per heavy atom. The summed E-state index contributed by atoms with van der Waals surface area (Å²) in [6, 6.07) is 14.3. The Balaban J connectivity index is 1.33. The van der Waals surface area contributed by atoms with Crippen LogP contribution >= 0.6 is 0 Å². The van der Waals surface area contributed by atoms with E-state index in [1.807, 2.05) is 31.2 Å². The maximum atomic E-state index is 12.6. The summed E-state index contributed by atoms with van der Waals surface area (Å²) in [5.74, 6) is 0.578. The SMILES string of the molecule is C[C@@H](C(=O)Nc1ccc(C(N)=O)cc1)[NH+]1CCC(c2nc3ccccc3o2)CC1. The first kappa shape index (κ1) is 19.1. The van der Waals surface area contributed by atoms with Crippen molar-refractivity contribution in [2.75, 3.05) is 18.4 Å². The van der Waals surface area contributed by atoms with Gasteiger partial charge < -0.3 is 20.4 Å². The number of anilines is 1. The van der Waals surface area contributed by atoms with E-state index in [0.29, 0.717) is 17.2 Å². The van der Waals surface area contributed by atoms with Crippen molar-refractivity contribution in [1.29, 1.82) is 0 Å². The molecule has 1 saturated heterocycles. The van der Waals surface area contributed by atoms with E-state index >= 15 is 0 Å². The molecule has 0 aliphatic carbocycles. The second-order valence-electron chi connectivity index (χ2n) is 7.60. The minimum atomic E-state index is -0.484. The van der Waals surface area contributed by atoms with Gasteiger partial charge in [-0.25, -0.2) is 4.98 Å². The minimum Gasteiger partial charge on any atom is -0.440 e. The van der Waals surface area contributed by atoms with Gasteiger partial charge in [0.05, 0.1) is 13.1 Å². The number of amides is 2. The van der Waals surface area contributed by atoms with Crippen LogP contribution in [0.2, 0.25) is 0 Å². The number of primary amides is 1. The summed E-state index contributed by atoms with van der Waals surface area (Å²) in [6.07, 6.45) is 1.88. The van der Waals surface area contributed by atoms with Gasteiger partial charge in [-0.05, 0) is 43.3 Å². The molecular weight excluding hydrogens is 368 g/mol. The first-order valence-corrected chi connectivity index (χ1v) is 9.92. The van der Waals surface area contributed by atoms with Gasteiger partial charge in [-0.2, -0.15) is 0 Å². The third-order valence-electron chi connectivity index (χ3n) is 5.73. The Morgan fingerprint density at radius 3 is 2.48 bits per heavy atom. The average Bonchev–Trinajstić information content (AvgIpc) is 3.18. The van der Waals surface area contributed by atoms with Crippen LogP contribution in [-0.4, -0.2) is 35.9 Å². The molecule has 2 amide bonds. The molecule has 1 aliphatic rings. The second-order valence-corrected chi connectivity index (χ2v) is 7.60. The number of likely N-dealkylation sites (tertiary alicyclic amines) is 1. The Bertz CT molecular complexity index is 987. The summed E-state index contributed by atoms with van der Waals surface area (Å²) in [6.45, 7) is 3.72. The van der Waals surface area contributed by atoms with Crippen molar-refractivity contribution in [3.8, 4) is 0 Å².